The van der Waals surface area contributed by atoms with Crippen molar-refractivity contribution in [3.8, 4) is 0 Å². The number of thiophene rings is 1. The molecule has 1 aromatic heterocycles. The molecule has 0 aliphatic rings. The highest BCUT2D eigenvalue weighted by Gasteiger charge is 2.04. The molecule has 0 unspecified atom stereocenters. The average Bonchev–Trinajstić information content (AvgIpc) is 2.72. The van der Waals surface area contributed by atoms with Gasteiger partial charge in [-0.3, -0.25) is 4.79 Å². The molecule has 0 radical (unpaired) electrons. The van der Waals surface area contributed by atoms with Gasteiger partial charge in [-0.25, -0.2) is 0 Å². The minimum Gasteiger partial charge on any atom is -0.314 e. The van der Waals surface area contributed by atoms with Gasteiger partial charge in [0.15, 0.2) is 0 Å². The van der Waals surface area contributed by atoms with Crippen LogP contribution in [0.5, 0.6) is 0 Å². The number of amides is 1. The molecule has 1 amide bonds. The zero-order valence-electron chi connectivity index (χ0n) is 7.44. The van der Waals surface area contributed by atoms with Gasteiger partial charge >= 0.3 is 0 Å². The van der Waals surface area contributed by atoms with E-state index in [-0.39, 0.29) is 5.91 Å². The number of anilines is 1. The van der Waals surface area contributed by atoms with E-state index in [1.165, 1.54) is 11.3 Å². The molecule has 14 heavy (non-hydrogen) atoms. The summed E-state index contributed by atoms with van der Waals surface area (Å²) in [5.74, 6) is -0.0620. The first-order chi connectivity index (χ1) is 6.86. The molecule has 0 aliphatic heterocycles. The van der Waals surface area contributed by atoms with E-state index in [0.29, 0.717) is 5.56 Å². The predicted molar refractivity (Wildman–Crippen MR) is 58.7 cm³/mol. The fourth-order valence-corrected chi connectivity index (χ4v) is 1.74. The Labute approximate surface area is 86.2 Å². The van der Waals surface area contributed by atoms with E-state index in [4.69, 9.17) is 0 Å². The van der Waals surface area contributed by atoms with Crippen molar-refractivity contribution in [1.82, 2.24) is 0 Å². The van der Waals surface area contributed by atoms with Gasteiger partial charge in [-0.1, -0.05) is 18.2 Å². The molecule has 2 aromatic rings. The van der Waals surface area contributed by atoms with Crippen LogP contribution >= 0.6 is 11.3 Å². The second-order valence-electron chi connectivity index (χ2n) is 2.80. The van der Waals surface area contributed by atoms with Crippen LogP contribution in [0.1, 0.15) is 10.4 Å². The first kappa shape index (κ1) is 8.97. The Morgan fingerprint density at radius 3 is 2.50 bits per heavy atom. The predicted octanol–water partition coefficient (Wildman–Crippen LogP) is 3.00. The standard InChI is InChI=1S/C11H9NOS/c13-11(9-5-2-1-3-6-9)12-10-7-4-8-14-10/h1-8H,(H,12,13). The number of carbonyl (C=O) groups is 1. The summed E-state index contributed by atoms with van der Waals surface area (Å²) >= 11 is 1.51. The molecule has 0 atom stereocenters. The first-order valence-electron chi connectivity index (χ1n) is 4.26. The van der Waals surface area contributed by atoms with Crippen LogP contribution in [-0.2, 0) is 0 Å². The number of benzene rings is 1. The number of carbonyl (C=O) groups excluding carboxylic acids is 1. The third kappa shape index (κ3) is 2.00. The summed E-state index contributed by atoms with van der Waals surface area (Å²) in [7, 11) is 0. The maximum Gasteiger partial charge on any atom is 0.256 e. The molecule has 0 fully saturated rings. The molecule has 3 heteroatoms. The van der Waals surface area contributed by atoms with Crippen molar-refractivity contribution in [3.63, 3.8) is 0 Å². The molecule has 2 rings (SSSR count). The van der Waals surface area contributed by atoms with E-state index >= 15 is 0 Å². The van der Waals surface area contributed by atoms with E-state index in [2.05, 4.69) is 5.32 Å². The molecule has 2 nitrogen and oxygen atoms in total. The van der Waals surface area contributed by atoms with E-state index in [9.17, 15) is 4.79 Å². The Morgan fingerprint density at radius 1 is 1.07 bits per heavy atom. The molecular weight excluding hydrogens is 194 g/mol. The van der Waals surface area contributed by atoms with Crippen LogP contribution < -0.4 is 5.32 Å². The highest BCUT2D eigenvalue weighted by molar-refractivity contribution is 7.14. The zero-order chi connectivity index (χ0) is 9.80. The van der Waals surface area contributed by atoms with Crippen LogP contribution in [0.15, 0.2) is 47.8 Å². The lowest BCUT2D eigenvalue weighted by atomic mass is 10.2. The Balaban J connectivity index is 2.11. The summed E-state index contributed by atoms with van der Waals surface area (Å²) in [6, 6.07) is 13.0. The molecule has 0 spiro atoms. The second-order valence-corrected chi connectivity index (χ2v) is 3.75. The lowest BCUT2D eigenvalue weighted by Crippen LogP contribution is -2.10. The van der Waals surface area contributed by atoms with E-state index in [1.807, 2.05) is 35.7 Å². The van der Waals surface area contributed by atoms with Gasteiger partial charge in [0.05, 0.1) is 5.00 Å². The Kier molecular flexibility index (Phi) is 2.60. The summed E-state index contributed by atoms with van der Waals surface area (Å²) < 4.78 is 0. The molecule has 0 aliphatic carbocycles. The van der Waals surface area contributed by atoms with E-state index in [1.54, 1.807) is 12.1 Å². The molecule has 1 aromatic carbocycles. The van der Waals surface area contributed by atoms with Gasteiger partial charge in [0.1, 0.15) is 0 Å². The van der Waals surface area contributed by atoms with Crippen molar-refractivity contribution in [2.75, 3.05) is 5.32 Å². The third-order valence-electron chi connectivity index (χ3n) is 1.79. The highest BCUT2D eigenvalue weighted by atomic mass is 32.1. The normalized spacial score (nSPS) is 9.71. The summed E-state index contributed by atoms with van der Waals surface area (Å²) in [6.07, 6.45) is 0. The van der Waals surface area contributed by atoms with Crippen molar-refractivity contribution >= 4 is 22.2 Å². The molecule has 0 bridgehead atoms. The highest BCUT2D eigenvalue weighted by Crippen LogP contribution is 2.15. The molecular formula is C11H9NOS. The van der Waals surface area contributed by atoms with Crippen molar-refractivity contribution < 1.29 is 4.79 Å². The van der Waals surface area contributed by atoms with E-state index in [0.717, 1.165) is 5.00 Å². The van der Waals surface area contributed by atoms with Gasteiger partial charge in [-0.2, -0.15) is 0 Å². The summed E-state index contributed by atoms with van der Waals surface area (Å²) in [5, 5.41) is 5.62. The van der Waals surface area contributed by atoms with Gasteiger partial charge in [0.2, 0.25) is 0 Å². The lowest BCUT2D eigenvalue weighted by molar-refractivity contribution is 0.102. The molecule has 70 valence electrons. The topological polar surface area (TPSA) is 29.1 Å². The smallest absolute Gasteiger partial charge is 0.256 e. The van der Waals surface area contributed by atoms with Crippen LogP contribution in [0, 0.1) is 0 Å². The maximum atomic E-state index is 11.6. The number of hydrogen-bond donors (Lipinski definition) is 1. The fraction of sp³-hybridized carbons (Fsp3) is 0. The quantitative estimate of drug-likeness (QED) is 0.798. The van der Waals surface area contributed by atoms with Crippen LogP contribution in [0.25, 0.3) is 0 Å². The summed E-state index contributed by atoms with van der Waals surface area (Å²) in [6.45, 7) is 0. The third-order valence-corrected chi connectivity index (χ3v) is 2.58. The monoisotopic (exact) mass is 203 g/mol. The number of hydrogen-bond acceptors (Lipinski definition) is 2. The molecule has 1 heterocycles. The SMILES string of the molecule is O=C(Nc1cccs1)c1ccccc1. The zero-order valence-corrected chi connectivity index (χ0v) is 8.25. The fourth-order valence-electron chi connectivity index (χ4n) is 1.12. The van der Waals surface area contributed by atoms with Gasteiger partial charge in [0, 0.05) is 5.56 Å². The number of rotatable bonds is 2. The summed E-state index contributed by atoms with van der Waals surface area (Å²) in [5.41, 5.74) is 0.681. The maximum absolute atomic E-state index is 11.6. The Bertz CT molecular complexity index is 408. The number of nitrogens with one attached hydrogen (secondary N) is 1. The van der Waals surface area contributed by atoms with Crippen LogP contribution in [0.2, 0.25) is 0 Å². The Hall–Kier alpha value is -1.61. The van der Waals surface area contributed by atoms with Crippen molar-refractivity contribution in [2.45, 2.75) is 0 Å². The minimum absolute atomic E-state index is 0.0620. The van der Waals surface area contributed by atoms with Crippen molar-refractivity contribution in [2.24, 2.45) is 0 Å². The van der Waals surface area contributed by atoms with Crippen LogP contribution in [0.3, 0.4) is 0 Å². The van der Waals surface area contributed by atoms with Crippen molar-refractivity contribution in [3.05, 3.63) is 53.4 Å². The first-order valence-corrected chi connectivity index (χ1v) is 5.14. The van der Waals surface area contributed by atoms with Crippen molar-refractivity contribution in [1.29, 1.82) is 0 Å². The molecule has 1 N–H and O–H groups in total. The second kappa shape index (κ2) is 4.07. The van der Waals surface area contributed by atoms with Gasteiger partial charge in [-0.15, -0.1) is 11.3 Å². The Morgan fingerprint density at radius 2 is 1.86 bits per heavy atom. The molecule has 0 saturated carbocycles. The van der Waals surface area contributed by atoms with Gasteiger partial charge < -0.3 is 5.32 Å². The largest absolute Gasteiger partial charge is 0.314 e. The van der Waals surface area contributed by atoms with E-state index < -0.39 is 0 Å². The van der Waals surface area contributed by atoms with Crippen LogP contribution in [0.4, 0.5) is 5.00 Å². The lowest BCUT2D eigenvalue weighted by Gasteiger charge is -2.01. The minimum atomic E-state index is -0.0620. The van der Waals surface area contributed by atoms with Crippen LogP contribution in [-0.4, -0.2) is 5.91 Å². The summed E-state index contributed by atoms with van der Waals surface area (Å²) in [4.78, 5) is 11.6. The van der Waals surface area contributed by atoms with Gasteiger partial charge in [-0.05, 0) is 29.6 Å². The average molecular weight is 203 g/mol. The molecule has 0 saturated heterocycles. The van der Waals surface area contributed by atoms with Gasteiger partial charge in [0.25, 0.3) is 5.91 Å².